The zero-order valence-corrected chi connectivity index (χ0v) is 12.1. The molecule has 1 saturated carbocycles. The summed E-state index contributed by atoms with van der Waals surface area (Å²) in [6.45, 7) is 1.49. The molecule has 0 radical (unpaired) electrons. The molecule has 1 aliphatic rings. The fourth-order valence-corrected chi connectivity index (χ4v) is 2.71. The maximum atomic E-state index is 12.4. The number of aliphatic carboxylic acids is 1. The van der Waals surface area contributed by atoms with Crippen molar-refractivity contribution in [2.75, 3.05) is 13.1 Å². The average Bonchev–Trinajstić information content (AvgIpc) is 2.29. The minimum Gasteiger partial charge on any atom is -0.480 e. The van der Waals surface area contributed by atoms with Crippen LogP contribution in [0.3, 0.4) is 0 Å². The molecular formula is C13H21F3N2O3. The van der Waals surface area contributed by atoms with Crippen LogP contribution in [-0.2, 0) is 4.79 Å². The molecule has 3 atom stereocenters. The molecular weight excluding hydrogens is 289 g/mol. The Hall–Kier alpha value is -1.47. The van der Waals surface area contributed by atoms with Crippen molar-refractivity contribution in [2.45, 2.75) is 45.3 Å². The molecule has 0 aromatic carbocycles. The van der Waals surface area contributed by atoms with Gasteiger partial charge in [-0.05, 0) is 31.1 Å². The summed E-state index contributed by atoms with van der Waals surface area (Å²) in [6, 6.07) is -1.18. The van der Waals surface area contributed by atoms with E-state index in [0.29, 0.717) is 12.3 Å². The van der Waals surface area contributed by atoms with Crippen LogP contribution in [0.25, 0.3) is 0 Å². The third kappa shape index (κ3) is 6.22. The quantitative estimate of drug-likeness (QED) is 0.838. The van der Waals surface area contributed by atoms with Gasteiger partial charge in [-0.3, -0.25) is 4.79 Å². The van der Waals surface area contributed by atoms with Gasteiger partial charge < -0.3 is 15.3 Å². The first-order chi connectivity index (χ1) is 9.58. The second-order valence-electron chi connectivity index (χ2n) is 5.82. The summed E-state index contributed by atoms with van der Waals surface area (Å²) in [7, 11) is 0. The second kappa shape index (κ2) is 7.00. The van der Waals surface area contributed by atoms with Gasteiger partial charge in [0.15, 0.2) is 0 Å². The van der Waals surface area contributed by atoms with Crippen molar-refractivity contribution >= 4 is 12.0 Å². The molecule has 1 rings (SSSR count). The fraction of sp³-hybridized carbons (Fsp3) is 0.846. The molecule has 5 nitrogen and oxygen atoms in total. The highest BCUT2D eigenvalue weighted by Crippen LogP contribution is 2.28. The number of nitrogens with one attached hydrogen (secondary N) is 1. The second-order valence-corrected chi connectivity index (χ2v) is 5.82. The Kier molecular flexibility index (Phi) is 5.86. The van der Waals surface area contributed by atoms with Gasteiger partial charge in [0.1, 0.15) is 13.1 Å². The lowest BCUT2D eigenvalue weighted by molar-refractivity contribution is -0.149. The molecule has 21 heavy (non-hydrogen) atoms. The number of alkyl halides is 3. The number of urea groups is 1. The standard InChI is InChI=1S/C13H21F3N2O3/c1-8-3-4-10(9(2)5-8)17-12(21)18(6-11(19)20)7-13(14,15)16/h8-10H,3-7H2,1-2H3,(H,17,21)(H,19,20). The highest BCUT2D eigenvalue weighted by atomic mass is 19.4. The lowest BCUT2D eigenvalue weighted by atomic mass is 9.80. The van der Waals surface area contributed by atoms with Crippen LogP contribution >= 0.6 is 0 Å². The van der Waals surface area contributed by atoms with E-state index in [1.807, 2.05) is 6.92 Å². The molecule has 122 valence electrons. The molecule has 8 heteroatoms. The lowest BCUT2D eigenvalue weighted by Gasteiger charge is -2.34. The smallest absolute Gasteiger partial charge is 0.406 e. The number of carbonyl (C=O) groups excluding carboxylic acids is 1. The summed E-state index contributed by atoms with van der Waals surface area (Å²) in [5.74, 6) is -0.784. The maximum Gasteiger partial charge on any atom is 0.406 e. The van der Waals surface area contributed by atoms with Crippen molar-refractivity contribution in [1.82, 2.24) is 10.2 Å². The summed E-state index contributed by atoms with van der Waals surface area (Å²) < 4.78 is 37.2. The molecule has 2 amide bonds. The van der Waals surface area contributed by atoms with E-state index in [1.54, 1.807) is 0 Å². The Morgan fingerprint density at radius 2 is 1.90 bits per heavy atom. The van der Waals surface area contributed by atoms with Crippen molar-refractivity contribution in [1.29, 1.82) is 0 Å². The van der Waals surface area contributed by atoms with Gasteiger partial charge in [-0.1, -0.05) is 13.8 Å². The molecule has 0 saturated heterocycles. The predicted molar refractivity (Wildman–Crippen MR) is 69.8 cm³/mol. The van der Waals surface area contributed by atoms with Gasteiger partial charge in [-0.2, -0.15) is 13.2 Å². The van der Waals surface area contributed by atoms with E-state index in [1.165, 1.54) is 0 Å². The summed E-state index contributed by atoms with van der Waals surface area (Å²) in [5.41, 5.74) is 0. The van der Waals surface area contributed by atoms with Crippen molar-refractivity contribution < 1.29 is 27.9 Å². The summed E-state index contributed by atoms with van der Waals surface area (Å²) >= 11 is 0. The van der Waals surface area contributed by atoms with E-state index in [0.717, 1.165) is 12.8 Å². The van der Waals surface area contributed by atoms with Crippen molar-refractivity contribution in [3.63, 3.8) is 0 Å². The van der Waals surface area contributed by atoms with E-state index >= 15 is 0 Å². The van der Waals surface area contributed by atoms with Crippen LogP contribution < -0.4 is 5.32 Å². The Morgan fingerprint density at radius 3 is 2.38 bits per heavy atom. The van der Waals surface area contributed by atoms with Gasteiger partial charge in [0.05, 0.1) is 0 Å². The summed E-state index contributed by atoms with van der Waals surface area (Å²) in [5, 5.41) is 11.2. The van der Waals surface area contributed by atoms with Crippen LogP contribution in [0.2, 0.25) is 0 Å². The third-order valence-corrected chi connectivity index (χ3v) is 3.72. The largest absolute Gasteiger partial charge is 0.480 e. The molecule has 0 bridgehead atoms. The van der Waals surface area contributed by atoms with E-state index in [4.69, 9.17) is 5.11 Å². The normalized spacial score (nSPS) is 26.2. The van der Waals surface area contributed by atoms with Crippen molar-refractivity contribution in [3.05, 3.63) is 0 Å². The van der Waals surface area contributed by atoms with Crippen LogP contribution in [0.4, 0.5) is 18.0 Å². The summed E-state index contributed by atoms with van der Waals surface area (Å²) in [4.78, 5) is 22.8. The molecule has 0 aromatic heterocycles. The van der Waals surface area contributed by atoms with Crippen LogP contribution in [-0.4, -0.2) is 47.3 Å². The van der Waals surface area contributed by atoms with Gasteiger partial charge >= 0.3 is 18.2 Å². The first-order valence-corrected chi connectivity index (χ1v) is 6.92. The monoisotopic (exact) mass is 310 g/mol. The topological polar surface area (TPSA) is 69.6 Å². The van der Waals surface area contributed by atoms with Crippen LogP contribution in [0.15, 0.2) is 0 Å². The first kappa shape index (κ1) is 17.6. The van der Waals surface area contributed by atoms with Crippen LogP contribution in [0, 0.1) is 11.8 Å². The molecule has 2 N–H and O–H groups in total. The van der Waals surface area contributed by atoms with Gasteiger partial charge in [-0.15, -0.1) is 0 Å². The molecule has 0 aromatic rings. The number of amides is 2. The lowest BCUT2D eigenvalue weighted by Crippen LogP contribution is -2.52. The first-order valence-electron chi connectivity index (χ1n) is 6.92. The van der Waals surface area contributed by atoms with Crippen molar-refractivity contribution in [2.24, 2.45) is 11.8 Å². The van der Waals surface area contributed by atoms with E-state index in [9.17, 15) is 22.8 Å². The molecule has 0 aliphatic heterocycles. The average molecular weight is 310 g/mol. The predicted octanol–water partition coefficient (Wildman–Crippen LogP) is 2.47. The van der Waals surface area contributed by atoms with E-state index < -0.39 is 31.3 Å². The Labute approximate surface area is 121 Å². The number of carboxylic acids is 1. The van der Waals surface area contributed by atoms with E-state index in [2.05, 4.69) is 12.2 Å². The number of nitrogens with zero attached hydrogens (tertiary/aromatic N) is 1. The SMILES string of the molecule is CC1CCC(NC(=O)N(CC(=O)O)CC(F)(F)F)C(C)C1. The highest BCUT2D eigenvalue weighted by molar-refractivity contribution is 5.80. The van der Waals surface area contributed by atoms with Gasteiger partial charge in [0.25, 0.3) is 0 Å². The van der Waals surface area contributed by atoms with Gasteiger partial charge in [0.2, 0.25) is 0 Å². The molecule has 3 unspecified atom stereocenters. The third-order valence-electron chi connectivity index (χ3n) is 3.72. The molecule has 0 heterocycles. The molecule has 1 fully saturated rings. The van der Waals surface area contributed by atoms with Crippen molar-refractivity contribution in [3.8, 4) is 0 Å². The number of carbonyl (C=O) groups is 2. The number of hydrogen-bond acceptors (Lipinski definition) is 2. The van der Waals surface area contributed by atoms with Crippen LogP contribution in [0.5, 0.6) is 0 Å². The number of halogens is 3. The Balaban J connectivity index is 2.65. The van der Waals surface area contributed by atoms with Gasteiger partial charge in [-0.25, -0.2) is 4.79 Å². The molecule has 1 aliphatic carbocycles. The van der Waals surface area contributed by atoms with Crippen LogP contribution in [0.1, 0.15) is 33.1 Å². The van der Waals surface area contributed by atoms with E-state index in [-0.39, 0.29) is 16.9 Å². The Morgan fingerprint density at radius 1 is 1.29 bits per heavy atom. The summed E-state index contributed by atoms with van der Waals surface area (Å²) in [6.07, 6.45) is -2.14. The number of hydrogen-bond donors (Lipinski definition) is 2. The maximum absolute atomic E-state index is 12.4. The zero-order valence-electron chi connectivity index (χ0n) is 12.1. The molecule has 0 spiro atoms. The number of rotatable bonds is 4. The van der Waals surface area contributed by atoms with Gasteiger partial charge in [0, 0.05) is 6.04 Å². The highest BCUT2D eigenvalue weighted by Gasteiger charge is 2.35. The minimum absolute atomic E-state index is 0.162. The number of carboxylic acid groups (broad SMARTS) is 1. The fourth-order valence-electron chi connectivity index (χ4n) is 2.71. The minimum atomic E-state index is -4.63. The Bertz CT molecular complexity index is 387. The zero-order chi connectivity index (χ0) is 16.2.